The van der Waals surface area contributed by atoms with Crippen LogP contribution in [0.25, 0.3) is 0 Å². The molecule has 0 amide bonds. The average Bonchev–Trinajstić information content (AvgIpc) is 2.20. The first-order valence-corrected chi connectivity index (χ1v) is 6.95. The van der Waals surface area contributed by atoms with Crippen LogP contribution < -0.4 is 0 Å². The van der Waals surface area contributed by atoms with E-state index in [1.165, 1.54) is 0 Å². The molecule has 1 aromatic heterocycles. The minimum atomic E-state index is -0.522. The summed E-state index contributed by atoms with van der Waals surface area (Å²) in [6.07, 6.45) is 1.84. The molecule has 2 rings (SSSR count). The van der Waals surface area contributed by atoms with Crippen LogP contribution >= 0.6 is 23.2 Å². The summed E-state index contributed by atoms with van der Waals surface area (Å²) in [5.41, 5.74) is 1.15. The molecule has 18 heavy (non-hydrogen) atoms. The van der Waals surface area contributed by atoms with Crippen LogP contribution in [0.5, 0.6) is 0 Å². The van der Waals surface area contributed by atoms with Crippen molar-refractivity contribution in [3.05, 3.63) is 27.5 Å². The Labute approximate surface area is 118 Å². The molecule has 0 unspecified atom stereocenters. The van der Waals surface area contributed by atoms with Crippen molar-refractivity contribution in [2.45, 2.75) is 38.8 Å². The molecule has 1 N–H and O–H groups in total. The number of likely N-dealkylation sites (tertiary alicyclic amines) is 1. The van der Waals surface area contributed by atoms with Gasteiger partial charge in [0.1, 0.15) is 5.15 Å². The van der Waals surface area contributed by atoms with Gasteiger partial charge in [-0.3, -0.25) is 4.90 Å². The number of aryl methyl sites for hydroxylation is 1. The van der Waals surface area contributed by atoms with Crippen LogP contribution in [0.2, 0.25) is 10.2 Å². The molecule has 1 aliphatic heterocycles. The van der Waals surface area contributed by atoms with Crippen molar-refractivity contribution in [2.24, 2.45) is 0 Å². The molecule has 0 aliphatic carbocycles. The Bertz CT molecular complexity index is 422. The quantitative estimate of drug-likeness (QED) is 0.865. The lowest BCUT2D eigenvalue weighted by Crippen LogP contribution is -2.61. The molecular weight excluding hydrogens is 271 g/mol. The van der Waals surface area contributed by atoms with Crippen molar-refractivity contribution in [2.75, 3.05) is 13.1 Å². The first-order valence-electron chi connectivity index (χ1n) is 6.20. The van der Waals surface area contributed by atoms with Crippen molar-refractivity contribution >= 4 is 23.2 Å². The smallest absolute Gasteiger partial charge is 0.135 e. The van der Waals surface area contributed by atoms with E-state index < -0.39 is 5.60 Å². The van der Waals surface area contributed by atoms with Gasteiger partial charge in [0, 0.05) is 35.9 Å². The van der Waals surface area contributed by atoms with Crippen LogP contribution in [0.3, 0.4) is 0 Å². The third kappa shape index (κ3) is 2.97. The predicted octanol–water partition coefficient (Wildman–Crippen LogP) is 3.04. The largest absolute Gasteiger partial charge is 0.387 e. The summed E-state index contributed by atoms with van der Waals surface area (Å²) in [5.74, 6) is 0. The summed E-state index contributed by atoms with van der Waals surface area (Å²) in [7, 11) is 0. The number of pyridine rings is 1. The van der Waals surface area contributed by atoms with Gasteiger partial charge in [0.25, 0.3) is 0 Å². The Kier molecular flexibility index (Phi) is 4.17. The van der Waals surface area contributed by atoms with Crippen LogP contribution in [-0.2, 0) is 6.54 Å². The number of halogens is 2. The van der Waals surface area contributed by atoms with Gasteiger partial charge in [-0.25, -0.2) is 4.98 Å². The molecule has 0 radical (unpaired) electrons. The number of aromatic nitrogens is 1. The highest BCUT2D eigenvalue weighted by molar-refractivity contribution is 6.35. The van der Waals surface area contributed by atoms with E-state index >= 15 is 0 Å². The second-order valence-electron chi connectivity index (χ2n) is 5.13. The zero-order valence-electron chi connectivity index (χ0n) is 10.7. The van der Waals surface area contributed by atoms with Gasteiger partial charge < -0.3 is 5.11 Å². The van der Waals surface area contributed by atoms with Crippen molar-refractivity contribution in [3.8, 4) is 0 Å². The van der Waals surface area contributed by atoms with Crippen molar-refractivity contribution in [1.82, 2.24) is 9.88 Å². The third-order valence-corrected chi connectivity index (χ3v) is 3.93. The summed E-state index contributed by atoms with van der Waals surface area (Å²) in [6.45, 7) is 5.96. The fourth-order valence-electron chi connectivity index (χ4n) is 2.51. The standard InChI is InChI=1S/C13H18Cl2N2O/c1-3-4-13(18)7-17(8-13)6-10-11(14)5-9(2)16-12(10)15/h5,18H,3-4,6-8H2,1-2H3. The van der Waals surface area contributed by atoms with Crippen molar-refractivity contribution in [3.63, 3.8) is 0 Å². The summed E-state index contributed by atoms with van der Waals surface area (Å²) in [6, 6.07) is 1.82. The number of aliphatic hydroxyl groups is 1. The number of hydrogen-bond acceptors (Lipinski definition) is 3. The Morgan fingerprint density at radius 1 is 1.44 bits per heavy atom. The lowest BCUT2D eigenvalue weighted by atomic mass is 9.89. The van der Waals surface area contributed by atoms with Crippen LogP contribution in [-0.4, -0.2) is 33.7 Å². The second-order valence-corrected chi connectivity index (χ2v) is 5.90. The van der Waals surface area contributed by atoms with Crippen LogP contribution in [0.4, 0.5) is 0 Å². The molecule has 1 fully saturated rings. The van der Waals surface area contributed by atoms with Gasteiger partial charge in [-0.1, -0.05) is 36.5 Å². The molecule has 2 heterocycles. The molecule has 3 nitrogen and oxygen atoms in total. The Hall–Kier alpha value is -0.350. The number of hydrogen-bond donors (Lipinski definition) is 1. The zero-order chi connectivity index (χ0) is 13.3. The van der Waals surface area contributed by atoms with E-state index in [4.69, 9.17) is 23.2 Å². The van der Waals surface area contributed by atoms with Gasteiger partial charge in [0.15, 0.2) is 0 Å². The minimum Gasteiger partial charge on any atom is -0.387 e. The summed E-state index contributed by atoms with van der Waals surface area (Å²) in [5, 5.41) is 11.2. The van der Waals surface area contributed by atoms with Gasteiger partial charge in [-0.15, -0.1) is 0 Å². The fraction of sp³-hybridized carbons (Fsp3) is 0.615. The van der Waals surface area contributed by atoms with Gasteiger partial charge in [-0.2, -0.15) is 0 Å². The minimum absolute atomic E-state index is 0.464. The monoisotopic (exact) mass is 288 g/mol. The molecule has 1 saturated heterocycles. The zero-order valence-corrected chi connectivity index (χ0v) is 12.2. The third-order valence-electron chi connectivity index (χ3n) is 3.28. The second kappa shape index (κ2) is 5.33. The lowest BCUT2D eigenvalue weighted by Gasteiger charge is -2.46. The molecule has 0 aromatic carbocycles. The Balaban J connectivity index is 2.01. The maximum atomic E-state index is 10.1. The molecule has 1 aromatic rings. The molecule has 5 heteroatoms. The van der Waals surface area contributed by atoms with Crippen LogP contribution in [0.1, 0.15) is 31.0 Å². The van der Waals surface area contributed by atoms with E-state index in [9.17, 15) is 5.11 Å². The topological polar surface area (TPSA) is 36.4 Å². The summed E-state index contributed by atoms with van der Waals surface area (Å²) < 4.78 is 0. The maximum Gasteiger partial charge on any atom is 0.135 e. The van der Waals surface area contributed by atoms with Crippen LogP contribution in [0, 0.1) is 6.92 Å². The molecular formula is C13H18Cl2N2O. The normalized spacial score (nSPS) is 18.7. The Morgan fingerprint density at radius 3 is 2.67 bits per heavy atom. The number of nitrogens with zero attached hydrogens (tertiary/aromatic N) is 2. The fourth-order valence-corrected chi connectivity index (χ4v) is 3.16. The van der Waals surface area contributed by atoms with E-state index in [-0.39, 0.29) is 0 Å². The number of rotatable bonds is 4. The highest BCUT2D eigenvalue weighted by Gasteiger charge is 2.40. The van der Waals surface area contributed by atoms with Crippen molar-refractivity contribution < 1.29 is 5.11 Å². The highest BCUT2D eigenvalue weighted by atomic mass is 35.5. The molecule has 0 spiro atoms. The number of β-amino-alcohol motifs (C(OH)–C–C–N with tert-alkyl or cyclic N) is 1. The molecule has 1 aliphatic rings. The van der Waals surface area contributed by atoms with E-state index in [1.807, 2.05) is 13.0 Å². The van der Waals surface area contributed by atoms with E-state index in [2.05, 4.69) is 16.8 Å². The van der Waals surface area contributed by atoms with Gasteiger partial charge in [-0.05, 0) is 19.4 Å². The average molecular weight is 289 g/mol. The first kappa shape index (κ1) is 14.1. The maximum absolute atomic E-state index is 10.1. The molecule has 0 atom stereocenters. The first-order chi connectivity index (χ1) is 8.43. The lowest BCUT2D eigenvalue weighted by molar-refractivity contribution is -0.106. The van der Waals surface area contributed by atoms with Crippen molar-refractivity contribution in [1.29, 1.82) is 0 Å². The Morgan fingerprint density at radius 2 is 2.11 bits per heavy atom. The molecule has 0 saturated carbocycles. The van der Waals surface area contributed by atoms with E-state index in [1.54, 1.807) is 0 Å². The molecule has 0 bridgehead atoms. The summed E-state index contributed by atoms with van der Waals surface area (Å²) in [4.78, 5) is 6.35. The summed E-state index contributed by atoms with van der Waals surface area (Å²) >= 11 is 12.3. The van der Waals surface area contributed by atoms with Gasteiger partial charge in [0.2, 0.25) is 0 Å². The van der Waals surface area contributed by atoms with Gasteiger partial charge >= 0.3 is 0 Å². The molecule has 100 valence electrons. The predicted molar refractivity (Wildman–Crippen MR) is 74.1 cm³/mol. The van der Waals surface area contributed by atoms with Gasteiger partial charge in [0.05, 0.1) is 5.60 Å². The van der Waals surface area contributed by atoms with E-state index in [0.717, 1.165) is 24.1 Å². The van der Waals surface area contributed by atoms with E-state index in [0.29, 0.717) is 29.8 Å². The SMILES string of the molecule is CCCC1(O)CN(Cc2c(Cl)cc(C)nc2Cl)C1. The van der Waals surface area contributed by atoms with Crippen LogP contribution in [0.15, 0.2) is 6.07 Å². The highest BCUT2D eigenvalue weighted by Crippen LogP contribution is 2.31.